The summed E-state index contributed by atoms with van der Waals surface area (Å²) in [5, 5.41) is 9.42. The summed E-state index contributed by atoms with van der Waals surface area (Å²) in [6.07, 6.45) is -7.57. The number of hydrogen-bond acceptors (Lipinski definition) is 6. The van der Waals surface area contributed by atoms with Crippen molar-refractivity contribution in [3.05, 3.63) is 82.5 Å². The predicted octanol–water partition coefficient (Wildman–Crippen LogP) is 6.06. The number of amides is 2. The second kappa shape index (κ2) is 11.2. The summed E-state index contributed by atoms with van der Waals surface area (Å²) in [6, 6.07) is 7.34. The van der Waals surface area contributed by atoms with Gasteiger partial charge in [0.15, 0.2) is 11.6 Å². The summed E-state index contributed by atoms with van der Waals surface area (Å²) >= 11 is 0. The second-order valence-electron chi connectivity index (χ2n) is 12.6. The lowest BCUT2D eigenvalue weighted by atomic mass is 9.47. The van der Waals surface area contributed by atoms with E-state index in [-0.39, 0.29) is 49.3 Å². The van der Waals surface area contributed by atoms with E-state index < -0.39 is 76.0 Å². The van der Waals surface area contributed by atoms with Crippen molar-refractivity contribution < 1.29 is 55.4 Å². The molecule has 47 heavy (non-hydrogen) atoms. The highest BCUT2D eigenvalue weighted by molar-refractivity contribution is 6.22. The highest BCUT2D eigenvalue weighted by Crippen LogP contribution is 2.63. The smallest absolute Gasteiger partial charge is 0.416 e. The van der Waals surface area contributed by atoms with E-state index in [0.717, 1.165) is 0 Å². The first kappa shape index (κ1) is 32.7. The summed E-state index contributed by atoms with van der Waals surface area (Å²) in [4.78, 5) is 55.8. The van der Waals surface area contributed by atoms with Crippen LogP contribution in [-0.4, -0.2) is 41.7 Å². The number of aliphatic hydroxyl groups excluding tert-OH is 1. The molecule has 2 aromatic rings. The zero-order valence-electron chi connectivity index (χ0n) is 25.1. The fourth-order valence-corrected chi connectivity index (χ4v) is 8.07. The third-order valence-electron chi connectivity index (χ3n) is 10.1. The molecule has 0 spiro atoms. The SMILES string of the molecule is CC1=CC(=O)[C@@H]2C[C@@H]3C(=CC[C@@H]4C(=O)N(c5cc(C(F)(F)F)cc(C(F)(F)F)c5)C(=O)[C@@H]43)[C@H](c3ccccc3OCCO)[C@]2(C)C1=O. The molecule has 1 aliphatic heterocycles. The number of para-hydroxylation sites is 1. The van der Waals surface area contributed by atoms with Gasteiger partial charge in [0.25, 0.3) is 0 Å². The number of halogens is 6. The molecule has 0 aromatic heterocycles. The number of aliphatic hydroxyl groups is 1. The van der Waals surface area contributed by atoms with Crippen LogP contribution in [0.3, 0.4) is 0 Å². The van der Waals surface area contributed by atoms with Crippen LogP contribution in [0, 0.1) is 29.1 Å². The zero-order valence-corrected chi connectivity index (χ0v) is 25.1. The van der Waals surface area contributed by atoms with Crippen LogP contribution in [0.5, 0.6) is 5.75 Å². The molecule has 248 valence electrons. The molecule has 4 aliphatic rings. The van der Waals surface area contributed by atoms with Crippen molar-refractivity contribution in [1.29, 1.82) is 0 Å². The van der Waals surface area contributed by atoms with Crippen LogP contribution in [0.2, 0.25) is 0 Å². The Labute approximate surface area is 264 Å². The van der Waals surface area contributed by atoms with E-state index in [2.05, 4.69) is 0 Å². The van der Waals surface area contributed by atoms with Gasteiger partial charge in [-0.05, 0) is 61.6 Å². The van der Waals surface area contributed by atoms with Crippen LogP contribution in [0.15, 0.2) is 65.8 Å². The van der Waals surface area contributed by atoms with Crippen LogP contribution < -0.4 is 9.64 Å². The molecule has 0 radical (unpaired) electrons. The molecule has 1 N–H and O–H groups in total. The molecule has 2 amide bonds. The second-order valence-corrected chi connectivity index (χ2v) is 12.6. The molecule has 1 saturated carbocycles. The van der Waals surface area contributed by atoms with Gasteiger partial charge < -0.3 is 9.84 Å². The number of imide groups is 1. The number of allylic oxidation sites excluding steroid dienone is 4. The van der Waals surface area contributed by atoms with E-state index in [1.165, 1.54) is 13.0 Å². The summed E-state index contributed by atoms with van der Waals surface area (Å²) in [7, 11) is 0. The van der Waals surface area contributed by atoms with E-state index in [1.807, 2.05) is 0 Å². The third-order valence-corrected chi connectivity index (χ3v) is 10.1. The van der Waals surface area contributed by atoms with Gasteiger partial charge in [-0.25, -0.2) is 4.90 Å². The summed E-state index contributed by atoms with van der Waals surface area (Å²) in [5.41, 5.74) is -4.23. The average Bonchev–Trinajstić information content (AvgIpc) is 3.26. The average molecular weight is 662 g/mol. The van der Waals surface area contributed by atoms with Crippen LogP contribution in [0.25, 0.3) is 0 Å². The molecule has 3 aliphatic carbocycles. The van der Waals surface area contributed by atoms with E-state index in [1.54, 1.807) is 37.3 Å². The van der Waals surface area contributed by atoms with Gasteiger partial charge in [-0.3, -0.25) is 19.2 Å². The van der Waals surface area contributed by atoms with Crippen LogP contribution in [0.4, 0.5) is 32.0 Å². The highest BCUT2D eigenvalue weighted by Gasteiger charge is 2.64. The Balaban J connectivity index is 1.49. The predicted molar refractivity (Wildman–Crippen MR) is 154 cm³/mol. The molecular formula is C34H29F6NO6. The van der Waals surface area contributed by atoms with Crippen molar-refractivity contribution in [3.8, 4) is 5.75 Å². The number of hydrogen-bond donors (Lipinski definition) is 1. The number of nitrogens with zero attached hydrogens (tertiary/aromatic N) is 1. The van der Waals surface area contributed by atoms with Crippen molar-refractivity contribution in [2.24, 2.45) is 29.1 Å². The Kier molecular flexibility index (Phi) is 7.77. The molecular weight excluding hydrogens is 632 g/mol. The molecule has 6 rings (SSSR count). The van der Waals surface area contributed by atoms with Gasteiger partial charge in [-0.2, -0.15) is 26.3 Å². The minimum absolute atomic E-state index is 0.0444. The lowest BCUT2D eigenvalue weighted by Gasteiger charge is -2.53. The number of benzene rings is 2. The number of ether oxygens (including phenoxy) is 1. The lowest BCUT2D eigenvalue weighted by Crippen LogP contribution is -2.54. The normalized spacial score (nSPS) is 29.2. The minimum Gasteiger partial charge on any atom is -0.491 e. The largest absolute Gasteiger partial charge is 0.491 e. The van der Waals surface area contributed by atoms with Gasteiger partial charge in [0.1, 0.15) is 12.4 Å². The summed E-state index contributed by atoms with van der Waals surface area (Å²) < 4.78 is 87.9. The van der Waals surface area contributed by atoms with Crippen molar-refractivity contribution in [3.63, 3.8) is 0 Å². The van der Waals surface area contributed by atoms with Crippen molar-refractivity contribution in [2.75, 3.05) is 18.1 Å². The third kappa shape index (κ3) is 5.10. The Morgan fingerprint density at radius 2 is 1.57 bits per heavy atom. The maximum Gasteiger partial charge on any atom is 0.416 e. The van der Waals surface area contributed by atoms with E-state index in [4.69, 9.17) is 4.74 Å². The van der Waals surface area contributed by atoms with Crippen LogP contribution in [-0.2, 0) is 31.5 Å². The summed E-state index contributed by atoms with van der Waals surface area (Å²) in [5.74, 6) is -7.24. The number of alkyl halides is 6. The monoisotopic (exact) mass is 661 g/mol. The van der Waals surface area contributed by atoms with Gasteiger partial charge in [-0.15, -0.1) is 0 Å². The van der Waals surface area contributed by atoms with Crippen molar-refractivity contribution in [2.45, 2.75) is 45.0 Å². The maximum atomic E-state index is 14.1. The number of ketones is 2. The quantitative estimate of drug-likeness (QED) is 0.238. The summed E-state index contributed by atoms with van der Waals surface area (Å²) in [6.45, 7) is 2.80. The first-order valence-corrected chi connectivity index (χ1v) is 15.0. The minimum atomic E-state index is -5.20. The molecule has 1 saturated heterocycles. The molecule has 0 unspecified atom stereocenters. The lowest BCUT2D eigenvalue weighted by molar-refractivity contribution is -0.143. The van der Waals surface area contributed by atoms with Gasteiger partial charge >= 0.3 is 12.4 Å². The van der Waals surface area contributed by atoms with Crippen LogP contribution in [0.1, 0.15) is 49.3 Å². The van der Waals surface area contributed by atoms with E-state index in [0.29, 0.717) is 33.9 Å². The van der Waals surface area contributed by atoms with Crippen molar-refractivity contribution in [1.82, 2.24) is 0 Å². The highest BCUT2D eigenvalue weighted by atomic mass is 19.4. The fraction of sp³-hybridized carbons (Fsp3) is 0.412. The molecule has 0 bridgehead atoms. The molecule has 6 atom stereocenters. The van der Waals surface area contributed by atoms with Gasteiger partial charge in [0, 0.05) is 17.4 Å². The zero-order chi connectivity index (χ0) is 34.2. The Bertz CT molecular complexity index is 1730. The molecule has 7 nitrogen and oxygen atoms in total. The number of carbonyl (C=O) groups is 4. The molecule has 2 fully saturated rings. The number of Topliss-reactive ketones (excluding diaryl/α,β-unsaturated/α-hetero) is 1. The van der Waals surface area contributed by atoms with Crippen LogP contribution >= 0.6 is 0 Å². The molecule has 13 heteroatoms. The number of rotatable bonds is 5. The van der Waals surface area contributed by atoms with Gasteiger partial charge in [0.05, 0.1) is 40.7 Å². The fourth-order valence-electron chi connectivity index (χ4n) is 8.07. The Morgan fingerprint density at radius 3 is 2.19 bits per heavy atom. The first-order chi connectivity index (χ1) is 22.0. The Morgan fingerprint density at radius 1 is 0.936 bits per heavy atom. The maximum absolute atomic E-state index is 14.1. The van der Waals surface area contributed by atoms with Gasteiger partial charge in [-0.1, -0.05) is 36.8 Å². The molecule has 1 heterocycles. The first-order valence-electron chi connectivity index (χ1n) is 15.0. The number of fused-ring (bicyclic) bond motifs is 4. The van der Waals surface area contributed by atoms with E-state index >= 15 is 0 Å². The number of carbonyl (C=O) groups excluding carboxylic acids is 4. The molecule has 2 aromatic carbocycles. The van der Waals surface area contributed by atoms with E-state index in [9.17, 15) is 50.6 Å². The topological polar surface area (TPSA) is 101 Å². The standard InChI is InChI=1S/C34H29F6NO6/c1-16-11-25(43)24-15-23-20(28(32(24,2)29(16)44)21-5-3-4-6-26(21)47-10-9-42)7-8-22-27(23)31(46)41(30(22)45)19-13-17(33(35,36)37)12-18(14-19)34(38,39)40/h3-7,11-14,22-24,27-28,42H,8-10,15H2,1-2H3/t22-,23+,24-,27-,28+,32+/m0/s1. The van der Waals surface area contributed by atoms with Crippen molar-refractivity contribution >= 4 is 29.1 Å². The Hall–Kier alpha value is -4.26. The van der Waals surface area contributed by atoms with Gasteiger partial charge in [0.2, 0.25) is 11.8 Å². The number of anilines is 1.